The van der Waals surface area contributed by atoms with E-state index in [-0.39, 0.29) is 55.9 Å². The molecule has 0 radical (unpaired) electrons. The molecule has 0 saturated heterocycles. The second kappa shape index (κ2) is 19.0. The molecule has 0 aromatic heterocycles. The molecule has 9 N–H and O–H groups in total. The van der Waals surface area contributed by atoms with Crippen molar-refractivity contribution in [1.29, 1.82) is 0 Å². The topological polar surface area (TPSA) is 235 Å². The lowest BCUT2D eigenvalue weighted by molar-refractivity contribution is -0.143. The first-order chi connectivity index (χ1) is 22.9. The third kappa shape index (κ3) is 16.0. The van der Waals surface area contributed by atoms with Crippen LogP contribution in [0.15, 0.2) is 48.5 Å². The van der Waals surface area contributed by atoms with E-state index in [2.05, 4.69) is 31.9 Å². The molecule has 15 nitrogen and oxygen atoms in total. The zero-order valence-electron chi connectivity index (χ0n) is 28.5. The molecule has 2 aromatic rings. The second-order valence-electron chi connectivity index (χ2n) is 13.3. The van der Waals surface area contributed by atoms with Gasteiger partial charge in [-0.3, -0.25) is 14.4 Å². The highest BCUT2D eigenvalue weighted by Crippen LogP contribution is 2.18. The van der Waals surface area contributed by atoms with Crippen LogP contribution < -0.4 is 31.9 Å². The number of hydrogen-bond acceptors (Lipinski definition) is 8. The summed E-state index contributed by atoms with van der Waals surface area (Å²) in [5.41, 5.74) is 1.23. The molecule has 0 spiro atoms. The zero-order chi connectivity index (χ0) is 36.7. The van der Waals surface area contributed by atoms with E-state index in [1.54, 1.807) is 36.4 Å². The lowest BCUT2D eigenvalue weighted by atomic mass is 9.92. The Morgan fingerprint density at radius 1 is 0.714 bits per heavy atom. The van der Waals surface area contributed by atoms with Gasteiger partial charge in [0.1, 0.15) is 23.9 Å². The van der Waals surface area contributed by atoms with E-state index in [9.17, 15) is 44.1 Å². The predicted molar refractivity (Wildman–Crippen MR) is 183 cm³/mol. The minimum atomic E-state index is -1.37. The number of urea groups is 1. The van der Waals surface area contributed by atoms with E-state index in [0.29, 0.717) is 16.9 Å². The Hall–Kier alpha value is -5.18. The van der Waals surface area contributed by atoms with E-state index in [0.717, 1.165) is 0 Å². The van der Waals surface area contributed by atoms with Crippen LogP contribution in [-0.4, -0.2) is 82.2 Å². The summed E-state index contributed by atoms with van der Waals surface area (Å²) in [6.45, 7) is 9.09. The normalized spacial score (nSPS) is 13.0. The number of carboxylic acid groups (broad SMARTS) is 2. The van der Waals surface area contributed by atoms with Gasteiger partial charge in [0.25, 0.3) is 0 Å². The van der Waals surface area contributed by atoms with Crippen LogP contribution in [0.5, 0.6) is 5.75 Å². The molecule has 3 atom stereocenters. The maximum absolute atomic E-state index is 13.1. The Labute approximate surface area is 285 Å². The third-order valence-corrected chi connectivity index (χ3v) is 6.96. The number of rotatable bonds is 18. The summed E-state index contributed by atoms with van der Waals surface area (Å²) in [5.74, 6) is -4.05. The van der Waals surface area contributed by atoms with E-state index in [1.165, 1.54) is 12.1 Å². The second-order valence-corrected chi connectivity index (χ2v) is 13.3. The molecule has 49 heavy (non-hydrogen) atoms. The van der Waals surface area contributed by atoms with Crippen molar-refractivity contribution in [1.82, 2.24) is 21.3 Å². The number of anilines is 2. The highest BCUT2D eigenvalue weighted by atomic mass is 16.4. The summed E-state index contributed by atoms with van der Waals surface area (Å²) in [4.78, 5) is 74.0. The van der Waals surface area contributed by atoms with E-state index >= 15 is 0 Å². The predicted octanol–water partition coefficient (Wildman–Crippen LogP) is 2.66. The number of nitrogens with one attached hydrogen (secondary N) is 6. The van der Waals surface area contributed by atoms with Crippen molar-refractivity contribution in [2.24, 2.45) is 11.3 Å². The van der Waals surface area contributed by atoms with Crippen molar-refractivity contribution < 1.29 is 44.1 Å². The molecule has 2 rings (SSSR count). The molecule has 5 amide bonds. The molecular weight excluding hydrogens is 636 g/mol. The van der Waals surface area contributed by atoms with Crippen molar-refractivity contribution in [3.05, 3.63) is 54.1 Å². The van der Waals surface area contributed by atoms with Crippen LogP contribution in [-0.2, 0) is 30.4 Å². The maximum Gasteiger partial charge on any atom is 0.327 e. The molecule has 0 saturated carbocycles. The van der Waals surface area contributed by atoms with Crippen molar-refractivity contribution in [2.45, 2.75) is 78.4 Å². The molecule has 0 aliphatic heterocycles. The van der Waals surface area contributed by atoms with Crippen LogP contribution in [0.3, 0.4) is 0 Å². The van der Waals surface area contributed by atoms with Gasteiger partial charge >= 0.3 is 18.0 Å². The number of aromatic hydroxyl groups is 1. The van der Waals surface area contributed by atoms with Crippen LogP contribution in [0.2, 0.25) is 0 Å². The maximum atomic E-state index is 13.1. The van der Waals surface area contributed by atoms with Gasteiger partial charge in [0, 0.05) is 24.3 Å². The molecule has 268 valence electrons. The van der Waals surface area contributed by atoms with Gasteiger partial charge in [-0.2, -0.15) is 0 Å². The smallest absolute Gasteiger partial charge is 0.327 e. The minimum absolute atomic E-state index is 0.0123. The Morgan fingerprint density at radius 2 is 1.24 bits per heavy atom. The number of amides is 5. The molecule has 0 fully saturated rings. The first-order valence-corrected chi connectivity index (χ1v) is 15.9. The van der Waals surface area contributed by atoms with Crippen LogP contribution in [0.4, 0.5) is 16.2 Å². The molecule has 2 aromatic carbocycles. The van der Waals surface area contributed by atoms with Crippen molar-refractivity contribution in [3.63, 3.8) is 0 Å². The van der Waals surface area contributed by atoms with Crippen molar-refractivity contribution in [3.8, 4) is 5.75 Å². The SMILES string of the molecule is CC(C)CC(NC(=O)Cc1ccc(NC(=O)Nc2ccc(O)cc2)cc1)C(=O)NC(CNCCC(NC(=O)CC(C)(C)C)C(=O)O)C(=O)O. The highest BCUT2D eigenvalue weighted by Gasteiger charge is 2.28. The Bertz CT molecular complexity index is 1440. The number of carboxylic acids is 2. The average molecular weight is 685 g/mol. The quantitative estimate of drug-likeness (QED) is 0.0822. The Morgan fingerprint density at radius 3 is 1.76 bits per heavy atom. The fourth-order valence-corrected chi connectivity index (χ4v) is 4.63. The number of benzene rings is 2. The molecule has 0 aliphatic rings. The molecule has 3 unspecified atom stereocenters. The molecule has 15 heteroatoms. The summed E-state index contributed by atoms with van der Waals surface area (Å²) in [7, 11) is 0. The number of carbonyl (C=O) groups is 6. The van der Waals surface area contributed by atoms with E-state index < -0.39 is 53.8 Å². The van der Waals surface area contributed by atoms with Gasteiger partial charge in [-0.15, -0.1) is 0 Å². The number of hydrogen-bond donors (Lipinski definition) is 9. The standard InChI is InChI=1S/C34H48N6O9/c1-20(2)16-26(30(44)40-27(32(47)48)19-35-15-14-25(31(45)46)38-29(43)18-34(3,4)5)39-28(42)17-21-6-8-22(9-7-21)36-33(49)37-23-10-12-24(41)13-11-23/h6-13,20,25-27,35,41H,14-19H2,1-5H3,(H,38,43)(H,39,42)(H,40,44)(H,45,46)(H,47,48)(H2,36,37,49). The van der Waals surface area contributed by atoms with E-state index in [1.807, 2.05) is 34.6 Å². The Kier molecular flexibility index (Phi) is 15.5. The summed E-state index contributed by atoms with van der Waals surface area (Å²) < 4.78 is 0. The van der Waals surface area contributed by atoms with E-state index in [4.69, 9.17) is 0 Å². The molecule has 0 heterocycles. The van der Waals surface area contributed by atoms with Crippen LogP contribution in [0.1, 0.15) is 59.4 Å². The first kappa shape index (κ1) is 40.0. The number of aliphatic carboxylic acids is 2. The summed E-state index contributed by atoms with van der Waals surface area (Å²) >= 11 is 0. The van der Waals surface area contributed by atoms with Gasteiger partial charge in [0.2, 0.25) is 17.7 Å². The summed E-state index contributed by atoms with van der Waals surface area (Å²) in [6, 6.07) is 8.41. The summed E-state index contributed by atoms with van der Waals surface area (Å²) in [5, 5.41) is 44.3. The first-order valence-electron chi connectivity index (χ1n) is 15.9. The van der Waals surface area contributed by atoms with Crippen LogP contribution >= 0.6 is 0 Å². The fourth-order valence-electron chi connectivity index (χ4n) is 4.63. The van der Waals surface area contributed by atoms with Gasteiger partial charge < -0.3 is 47.2 Å². The van der Waals surface area contributed by atoms with Gasteiger partial charge in [-0.25, -0.2) is 14.4 Å². The fraction of sp³-hybridized carbons (Fsp3) is 0.471. The molecule has 0 bridgehead atoms. The number of phenolic OH excluding ortho intramolecular Hbond substituents is 1. The lowest BCUT2D eigenvalue weighted by Crippen LogP contribution is -2.55. The van der Waals surface area contributed by atoms with Crippen molar-refractivity contribution >= 4 is 47.1 Å². The van der Waals surface area contributed by atoms with Crippen LogP contribution in [0.25, 0.3) is 0 Å². The average Bonchev–Trinajstić information content (AvgIpc) is 2.98. The van der Waals surface area contributed by atoms with Gasteiger partial charge in [0.05, 0.1) is 6.42 Å². The van der Waals surface area contributed by atoms with Gasteiger partial charge in [0.15, 0.2) is 0 Å². The summed E-state index contributed by atoms with van der Waals surface area (Å²) in [6.07, 6.45) is 0.286. The Balaban J connectivity index is 1.91. The lowest BCUT2D eigenvalue weighted by Gasteiger charge is -2.23. The highest BCUT2D eigenvalue weighted by molar-refractivity contribution is 5.99. The van der Waals surface area contributed by atoms with Crippen molar-refractivity contribution in [2.75, 3.05) is 23.7 Å². The zero-order valence-corrected chi connectivity index (χ0v) is 28.5. The monoisotopic (exact) mass is 684 g/mol. The van der Waals surface area contributed by atoms with Crippen LogP contribution in [0, 0.1) is 11.3 Å². The number of phenols is 1. The largest absolute Gasteiger partial charge is 0.508 e. The third-order valence-electron chi connectivity index (χ3n) is 6.96. The number of carbonyl (C=O) groups excluding carboxylic acids is 4. The molecule has 0 aliphatic carbocycles. The molecular formula is C34H48N6O9. The minimum Gasteiger partial charge on any atom is -0.508 e. The van der Waals surface area contributed by atoms with Gasteiger partial charge in [-0.05, 0) is 72.7 Å². The van der Waals surface area contributed by atoms with Gasteiger partial charge in [-0.1, -0.05) is 46.8 Å².